The van der Waals surface area contributed by atoms with Crippen molar-refractivity contribution in [3.63, 3.8) is 0 Å². The van der Waals surface area contributed by atoms with E-state index in [1.807, 2.05) is 0 Å². The Morgan fingerprint density at radius 1 is 1.27 bits per heavy atom. The monoisotopic (exact) mass is 328 g/mol. The van der Waals surface area contributed by atoms with Crippen molar-refractivity contribution >= 4 is 21.7 Å². The number of ether oxygens (including phenoxy) is 1. The second kappa shape index (κ2) is 6.03. The Morgan fingerprint density at radius 3 is 2.32 bits per heavy atom. The minimum atomic E-state index is -3.33. The average Bonchev–Trinajstić information content (AvgIpc) is 2.49. The number of benzene rings is 1. The SMILES string of the molecule is COC1(C(NC(=O)c2ccccc2)C(=O)NO)CS(=O)(=O)C1. The van der Waals surface area contributed by atoms with Gasteiger partial charge in [0, 0.05) is 12.7 Å². The third kappa shape index (κ3) is 3.11. The van der Waals surface area contributed by atoms with Crippen molar-refractivity contribution < 1.29 is 28.0 Å². The first-order chi connectivity index (χ1) is 10.3. The standard InChI is InChI=1S/C13H16N2O6S/c1-21-13(7-22(19,20)8-13)10(12(17)15-18)14-11(16)9-5-3-2-4-6-9/h2-6,10,18H,7-8H2,1H3,(H,14,16)(H,15,17). The summed E-state index contributed by atoms with van der Waals surface area (Å²) in [5.74, 6) is -2.34. The van der Waals surface area contributed by atoms with Crippen LogP contribution in [-0.4, -0.2) is 55.7 Å². The lowest BCUT2D eigenvalue weighted by Gasteiger charge is -2.44. The fourth-order valence-electron chi connectivity index (χ4n) is 2.41. The van der Waals surface area contributed by atoms with Crippen molar-refractivity contribution in [2.45, 2.75) is 11.6 Å². The third-order valence-corrected chi connectivity index (χ3v) is 5.40. The van der Waals surface area contributed by atoms with E-state index in [1.165, 1.54) is 12.6 Å². The van der Waals surface area contributed by atoms with Gasteiger partial charge in [0.2, 0.25) is 0 Å². The van der Waals surface area contributed by atoms with Crippen LogP contribution in [0, 0.1) is 0 Å². The van der Waals surface area contributed by atoms with Crippen LogP contribution in [0.15, 0.2) is 30.3 Å². The van der Waals surface area contributed by atoms with E-state index in [0.717, 1.165) is 0 Å². The van der Waals surface area contributed by atoms with Gasteiger partial charge < -0.3 is 10.1 Å². The van der Waals surface area contributed by atoms with E-state index in [4.69, 9.17) is 9.94 Å². The highest BCUT2D eigenvalue weighted by molar-refractivity contribution is 7.93. The molecule has 1 saturated heterocycles. The molecule has 0 spiro atoms. The molecule has 9 heteroatoms. The zero-order chi connectivity index (χ0) is 16.4. The molecule has 0 aromatic heterocycles. The first-order valence-corrected chi connectivity index (χ1v) is 8.21. The molecule has 3 N–H and O–H groups in total. The van der Waals surface area contributed by atoms with Gasteiger partial charge in [0.25, 0.3) is 11.8 Å². The van der Waals surface area contributed by atoms with E-state index in [0.29, 0.717) is 5.56 Å². The Morgan fingerprint density at radius 2 is 1.86 bits per heavy atom. The Bertz CT molecular complexity index is 661. The summed E-state index contributed by atoms with van der Waals surface area (Å²) >= 11 is 0. The maximum atomic E-state index is 12.2. The van der Waals surface area contributed by atoms with Crippen molar-refractivity contribution in [1.29, 1.82) is 0 Å². The van der Waals surface area contributed by atoms with Gasteiger partial charge in [-0.1, -0.05) is 18.2 Å². The molecule has 22 heavy (non-hydrogen) atoms. The summed E-state index contributed by atoms with van der Waals surface area (Å²) in [6, 6.07) is 6.77. The molecule has 8 nitrogen and oxygen atoms in total. The van der Waals surface area contributed by atoms with Gasteiger partial charge in [-0.3, -0.25) is 14.8 Å². The minimum absolute atomic E-state index is 0.298. The van der Waals surface area contributed by atoms with Crippen molar-refractivity contribution in [3.8, 4) is 0 Å². The first-order valence-electron chi connectivity index (χ1n) is 6.39. The predicted octanol–water partition coefficient (Wildman–Crippen LogP) is -0.896. The lowest BCUT2D eigenvalue weighted by atomic mass is 9.95. The molecular weight excluding hydrogens is 312 g/mol. The highest BCUT2D eigenvalue weighted by Crippen LogP contribution is 2.31. The number of rotatable bonds is 5. The maximum absolute atomic E-state index is 12.2. The second-order valence-corrected chi connectivity index (χ2v) is 7.11. The summed E-state index contributed by atoms with van der Waals surface area (Å²) < 4.78 is 28.1. The molecule has 0 saturated carbocycles. The van der Waals surface area contributed by atoms with E-state index >= 15 is 0 Å². The number of carbonyl (C=O) groups excluding carboxylic acids is 2. The van der Waals surface area contributed by atoms with Gasteiger partial charge in [-0.25, -0.2) is 13.9 Å². The van der Waals surface area contributed by atoms with Gasteiger partial charge in [0.15, 0.2) is 9.84 Å². The Hall–Kier alpha value is -1.97. The number of carbonyl (C=O) groups is 2. The smallest absolute Gasteiger partial charge is 0.268 e. The van der Waals surface area contributed by atoms with E-state index in [9.17, 15) is 18.0 Å². The van der Waals surface area contributed by atoms with E-state index < -0.39 is 44.8 Å². The van der Waals surface area contributed by atoms with Crippen molar-refractivity contribution in [1.82, 2.24) is 10.8 Å². The van der Waals surface area contributed by atoms with Crippen LogP contribution in [-0.2, 0) is 19.4 Å². The number of hydrogen-bond acceptors (Lipinski definition) is 6. The van der Waals surface area contributed by atoms with Crippen LogP contribution in [0.25, 0.3) is 0 Å². The van der Waals surface area contributed by atoms with Gasteiger partial charge in [-0.2, -0.15) is 0 Å². The topological polar surface area (TPSA) is 122 Å². The fourth-order valence-corrected chi connectivity index (χ4v) is 4.38. The predicted molar refractivity (Wildman–Crippen MR) is 76.0 cm³/mol. The molecule has 0 radical (unpaired) electrons. The lowest BCUT2D eigenvalue weighted by molar-refractivity contribution is -0.138. The molecule has 2 amide bonds. The first kappa shape index (κ1) is 16.4. The van der Waals surface area contributed by atoms with Gasteiger partial charge in [-0.05, 0) is 12.1 Å². The van der Waals surface area contributed by atoms with Gasteiger partial charge in [-0.15, -0.1) is 0 Å². The molecule has 0 bridgehead atoms. The normalized spacial score (nSPS) is 19.5. The fraction of sp³-hybridized carbons (Fsp3) is 0.385. The summed E-state index contributed by atoms with van der Waals surface area (Å²) in [7, 11) is -2.08. The molecule has 1 aromatic carbocycles. The van der Waals surface area contributed by atoms with Crippen LogP contribution in [0.4, 0.5) is 0 Å². The minimum Gasteiger partial charge on any atom is -0.373 e. The lowest BCUT2D eigenvalue weighted by Crippen LogP contribution is -2.71. The molecular formula is C13H16N2O6S. The van der Waals surface area contributed by atoms with Gasteiger partial charge in [0.05, 0.1) is 11.5 Å². The van der Waals surface area contributed by atoms with Crippen molar-refractivity contribution in [2.24, 2.45) is 0 Å². The largest absolute Gasteiger partial charge is 0.373 e. The molecule has 1 aliphatic heterocycles. The molecule has 1 aliphatic rings. The van der Waals surface area contributed by atoms with Crippen LogP contribution in [0.5, 0.6) is 0 Å². The van der Waals surface area contributed by atoms with E-state index in [-0.39, 0.29) is 0 Å². The molecule has 1 aromatic rings. The Labute approximate surface area is 127 Å². The zero-order valence-electron chi connectivity index (χ0n) is 11.8. The summed E-state index contributed by atoms with van der Waals surface area (Å²) in [5, 5.41) is 11.3. The van der Waals surface area contributed by atoms with Crippen LogP contribution in [0.2, 0.25) is 0 Å². The number of amides is 2. The number of nitrogens with one attached hydrogen (secondary N) is 2. The highest BCUT2D eigenvalue weighted by Gasteiger charge is 2.57. The highest BCUT2D eigenvalue weighted by atomic mass is 32.2. The summed E-state index contributed by atoms with van der Waals surface area (Å²) in [6.45, 7) is 0. The van der Waals surface area contributed by atoms with Crippen molar-refractivity contribution in [2.75, 3.05) is 18.6 Å². The van der Waals surface area contributed by atoms with E-state index in [2.05, 4.69) is 5.32 Å². The quantitative estimate of drug-likeness (QED) is 0.476. The van der Waals surface area contributed by atoms with Crippen LogP contribution in [0.3, 0.4) is 0 Å². The van der Waals surface area contributed by atoms with Crippen LogP contribution >= 0.6 is 0 Å². The van der Waals surface area contributed by atoms with Crippen LogP contribution in [0.1, 0.15) is 10.4 Å². The Balaban J connectivity index is 2.24. The summed E-state index contributed by atoms with van der Waals surface area (Å²) in [4.78, 5) is 24.0. The molecule has 2 rings (SSSR count). The summed E-state index contributed by atoms with van der Waals surface area (Å²) in [6.07, 6.45) is 0. The van der Waals surface area contributed by atoms with E-state index in [1.54, 1.807) is 30.3 Å². The Kier molecular flexibility index (Phi) is 4.50. The number of methoxy groups -OCH3 is 1. The van der Waals surface area contributed by atoms with Crippen molar-refractivity contribution in [3.05, 3.63) is 35.9 Å². The molecule has 1 heterocycles. The molecule has 1 fully saturated rings. The number of sulfone groups is 1. The molecule has 0 aliphatic carbocycles. The molecule has 120 valence electrons. The number of hydroxylamine groups is 1. The average molecular weight is 328 g/mol. The third-order valence-electron chi connectivity index (χ3n) is 3.54. The van der Waals surface area contributed by atoms with Gasteiger partial charge in [0.1, 0.15) is 11.6 Å². The van der Waals surface area contributed by atoms with Gasteiger partial charge >= 0.3 is 0 Å². The second-order valence-electron chi connectivity index (χ2n) is 5.05. The number of hydrogen-bond donors (Lipinski definition) is 3. The van der Waals surface area contributed by atoms with Crippen LogP contribution < -0.4 is 10.8 Å². The zero-order valence-corrected chi connectivity index (χ0v) is 12.6. The molecule has 1 unspecified atom stereocenters. The summed E-state index contributed by atoms with van der Waals surface area (Å²) in [5.41, 5.74) is 0.334. The maximum Gasteiger partial charge on any atom is 0.268 e. The molecule has 1 atom stereocenters.